The summed E-state index contributed by atoms with van der Waals surface area (Å²) in [6.07, 6.45) is 1.05. The van der Waals surface area contributed by atoms with Crippen molar-refractivity contribution in [2.75, 3.05) is 0 Å². The first-order valence-electron chi connectivity index (χ1n) is 24.2. The van der Waals surface area contributed by atoms with Crippen LogP contribution in [-0.4, -0.2) is 6.10 Å². The van der Waals surface area contributed by atoms with Gasteiger partial charge < -0.3 is 4.74 Å². The lowest BCUT2D eigenvalue weighted by Crippen LogP contribution is -2.24. The Labute approximate surface area is 396 Å². The zero-order chi connectivity index (χ0) is 46.0. The molecular formula is C66H58O. The summed E-state index contributed by atoms with van der Waals surface area (Å²) in [6.45, 7) is 16.1. The smallest absolute Gasteiger partial charge is 0.120 e. The van der Waals surface area contributed by atoms with Gasteiger partial charge in [-0.15, -0.1) is 0 Å². The maximum absolute atomic E-state index is 6.38. The Bertz CT molecular complexity index is 3460. The number of hydrogen-bond donors (Lipinski definition) is 0. The van der Waals surface area contributed by atoms with E-state index in [4.69, 9.17) is 4.74 Å². The molecule has 1 aliphatic carbocycles. The van der Waals surface area contributed by atoms with Crippen LogP contribution in [0, 0.1) is 0 Å². The van der Waals surface area contributed by atoms with Crippen LogP contribution in [0.1, 0.15) is 94.2 Å². The molecule has 0 fully saturated rings. The fraction of sp³-hybridized carbons (Fsp3) is 0.182. The summed E-state index contributed by atoms with van der Waals surface area (Å²) in [7, 11) is 0. The van der Waals surface area contributed by atoms with E-state index in [0.29, 0.717) is 0 Å². The predicted molar refractivity (Wildman–Crippen MR) is 286 cm³/mol. The summed E-state index contributed by atoms with van der Waals surface area (Å²) in [5, 5.41) is 7.62. The second-order valence-electron chi connectivity index (χ2n) is 19.9. The van der Waals surface area contributed by atoms with Crippen LogP contribution in [0.2, 0.25) is 0 Å². The summed E-state index contributed by atoms with van der Waals surface area (Å²) >= 11 is 0. The number of rotatable bonds is 10. The molecule has 0 heterocycles. The molecular weight excluding hydrogens is 809 g/mol. The highest BCUT2D eigenvalue weighted by Gasteiger charge is 2.38. The van der Waals surface area contributed by atoms with Crippen molar-refractivity contribution in [2.24, 2.45) is 0 Å². The molecule has 0 bridgehead atoms. The zero-order valence-electron chi connectivity index (χ0n) is 39.8. The second kappa shape index (κ2) is 16.6. The van der Waals surface area contributed by atoms with E-state index in [1.807, 2.05) is 0 Å². The molecule has 1 heteroatoms. The van der Waals surface area contributed by atoms with E-state index in [0.717, 1.165) is 12.2 Å². The molecule has 0 aromatic heterocycles. The Morgan fingerprint density at radius 1 is 0.448 bits per heavy atom. The van der Waals surface area contributed by atoms with E-state index in [1.54, 1.807) is 0 Å². The lowest BCUT2D eigenvalue weighted by atomic mass is 9.71. The minimum atomic E-state index is -0.222. The highest BCUT2D eigenvalue weighted by molar-refractivity contribution is 6.21. The molecule has 0 spiro atoms. The molecule has 10 aromatic rings. The number of benzene rings is 10. The van der Waals surface area contributed by atoms with E-state index < -0.39 is 0 Å². The third-order valence-electron chi connectivity index (χ3n) is 15.2. The lowest BCUT2D eigenvalue weighted by Gasteiger charge is -2.32. The topological polar surface area (TPSA) is 9.23 Å². The van der Waals surface area contributed by atoms with Crippen molar-refractivity contribution in [3.8, 4) is 50.3 Å². The lowest BCUT2D eigenvalue weighted by molar-refractivity contribution is 0.242. The summed E-state index contributed by atoms with van der Waals surface area (Å²) < 4.78 is 6.38. The van der Waals surface area contributed by atoms with Crippen LogP contribution < -0.4 is 4.74 Å². The van der Waals surface area contributed by atoms with Gasteiger partial charge in [-0.25, -0.2) is 0 Å². The minimum Gasteiger partial charge on any atom is -0.491 e. The summed E-state index contributed by atoms with van der Waals surface area (Å²) in [4.78, 5) is 0. The van der Waals surface area contributed by atoms with Crippen molar-refractivity contribution >= 4 is 32.3 Å². The molecule has 10 aromatic carbocycles. The van der Waals surface area contributed by atoms with Gasteiger partial charge >= 0.3 is 0 Å². The maximum Gasteiger partial charge on any atom is 0.120 e. The van der Waals surface area contributed by atoms with Crippen molar-refractivity contribution in [1.29, 1.82) is 0 Å². The highest BCUT2D eigenvalue weighted by atomic mass is 16.5. The van der Waals surface area contributed by atoms with Crippen molar-refractivity contribution < 1.29 is 4.74 Å². The summed E-state index contributed by atoms with van der Waals surface area (Å²) in [5.41, 5.74) is 17.7. The number of fused-ring (bicyclic) bond motifs is 6. The van der Waals surface area contributed by atoms with Crippen LogP contribution in [-0.2, 0) is 10.8 Å². The average molecular weight is 867 g/mol. The highest BCUT2D eigenvalue weighted by Crippen LogP contribution is 2.52. The first-order valence-corrected chi connectivity index (χ1v) is 24.2. The Balaban J connectivity index is 0.979. The molecule has 0 saturated heterocycles. The van der Waals surface area contributed by atoms with Crippen molar-refractivity contribution in [3.05, 3.63) is 234 Å². The van der Waals surface area contributed by atoms with Gasteiger partial charge in [-0.2, -0.15) is 0 Å². The van der Waals surface area contributed by atoms with Crippen LogP contribution in [0.5, 0.6) is 5.75 Å². The summed E-state index contributed by atoms with van der Waals surface area (Å²) in [5.74, 6) is 1.15. The molecule has 0 N–H and O–H groups in total. The van der Waals surface area contributed by atoms with Gasteiger partial charge in [-0.3, -0.25) is 0 Å². The predicted octanol–water partition coefficient (Wildman–Crippen LogP) is 18.1. The molecule has 0 radical (unpaired) electrons. The first-order chi connectivity index (χ1) is 32.5. The number of ether oxygens (including phenoxy) is 1. The standard InChI is InChI=1S/C66H58O/c1-8-66(7,52-24-18-23-48(37-52)63-57-25-14-16-27-59(57)64(60-28-17-15-26-58(60)63)49-30-29-45-21-12-13-22-46(45)35-49)53-32-34-56-55-33-31-47(40-61(55)65(5,6)62(56)41-53)51-36-50(38-54(39-51)67-42(2)3)43(4)44-19-10-9-11-20-44/h9-43H,8H2,1-7H3. The third-order valence-corrected chi connectivity index (χ3v) is 15.2. The quantitative estimate of drug-likeness (QED) is 0.124. The van der Waals surface area contributed by atoms with Crippen LogP contribution in [0.3, 0.4) is 0 Å². The fourth-order valence-corrected chi connectivity index (χ4v) is 11.3. The van der Waals surface area contributed by atoms with E-state index in [1.165, 1.54) is 110 Å². The SMILES string of the molecule is CCC(C)(c1cccc(-c2c3ccccc3c(-c3ccc4ccccc4c3)c3ccccc23)c1)c1ccc2c(c1)C(C)(C)c1cc(-c3cc(OC(C)C)cc(C(C)c4ccccc4)c3)ccc1-2. The normalized spacial score (nSPS) is 14.3. The monoisotopic (exact) mass is 866 g/mol. The molecule has 1 aliphatic rings. The van der Waals surface area contributed by atoms with Crippen LogP contribution in [0.4, 0.5) is 0 Å². The van der Waals surface area contributed by atoms with Crippen LogP contribution >= 0.6 is 0 Å². The van der Waals surface area contributed by atoms with Crippen molar-refractivity contribution in [1.82, 2.24) is 0 Å². The molecule has 67 heavy (non-hydrogen) atoms. The Kier molecular flexibility index (Phi) is 10.5. The van der Waals surface area contributed by atoms with Gasteiger partial charge in [-0.1, -0.05) is 211 Å². The molecule has 11 rings (SSSR count). The van der Waals surface area contributed by atoms with E-state index in [-0.39, 0.29) is 22.9 Å². The first kappa shape index (κ1) is 42.4. The van der Waals surface area contributed by atoms with Gasteiger partial charge in [0.2, 0.25) is 0 Å². The zero-order valence-corrected chi connectivity index (χ0v) is 39.8. The molecule has 0 aliphatic heterocycles. The van der Waals surface area contributed by atoms with Crippen molar-refractivity contribution in [2.45, 2.75) is 77.7 Å². The van der Waals surface area contributed by atoms with Gasteiger partial charge in [0.25, 0.3) is 0 Å². The van der Waals surface area contributed by atoms with Gasteiger partial charge in [0.05, 0.1) is 6.10 Å². The van der Waals surface area contributed by atoms with Gasteiger partial charge in [0.1, 0.15) is 5.75 Å². The molecule has 2 unspecified atom stereocenters. The van der Waals surface area contributed by atoms with Gasteiger partial charge in [0, 0.05) is 16.7 Å². The van der Waals surface area contributed by atoms with Crippen molar-refractivity contribution in [3.63, 3.8) is 0 Å². The number of hydrogen-bond acceptors (Lipinski definition) is 1. The summed E-state index contributed by atoms with van der Waals surface area (Å²) in [6, 6.07) is 75.1. The molecule has 328 valence electrons. The molecule has 1 nitrogen and oxygen atoms in total. The largest absolute Gasteiger partial charge is 0.491 e. The minimum absolute atomic E-state index is 0.0852. The van der Waals surface area contributed by atoms with Gasteiger partial charge in [0.15, 0.2) is 0 Å². The Morgan fingerprint density at radius 3 is 1.67 bits per heavy atom. The molecule has 2 atom stereocenters. The molecule has 0 saturated carbocycles. The average Bonchev–Trinajstić information content (AvgIpc) is 3.59. The van der Waals surface area contributed by atoms with Crippen LogP contribution in [0.25, 0.3) is 76.8 Å². The van der Waals surface area contributed by atoms with E-state index in [2.05, 4.69) is 249 Å². The third kappa shape index (κ3) is 7.24. The van der Waals surface area contributed by atoms with E-state index >= 15 is 0 Å². The fourth-order valence-electron chi connectivity index (χ4n) is 11.3. The second-order valence-corrected chi connectivity index (χ2v) is 19.9. The Morgan fingerprint density at radius 2 is 1.01 bits per heavy atom. The maximum atomic E-state index is 6.38. The van der Waals surface area contributed by atoms with Gasteiger partial charge in [-0.05, 0) is 155 Å². The van der Waals surface area contributed by atoms with E-state index in [9.17, 15) is 0 Å². The Hall–Kier alpha value is -7.22. The van der Waals surface area contributed by atoms with Crippen LogP contribution in [0.15, 0.2) is 200 Å². The molecule has 0 amide bonds.